The van der Waals surface area contributed by atoms with Gasteiger partial charge in [-0.05, 0) is 87.3 Å². The second kappa shape index (κ2) is 13.0. The minimum atomic E-state index is -0.669. The summed E-state index contributed by atoms with van der Waals surface area (Å²) >= 11 is 7.46. The Hall–Kier alpha value is -3.60. The number of thiophene rings is 1. The first kappa shape index (κ1) is 30.8. The molecule has 4 aromatic rings. The topological polar surface area (TPSA) is 74.8 Å². The normalized spacial score (nSPS) is 16.8. The van der Waals surface area contributed by atoms with Crippen LogP contribution in [0.3, 0.4) is 0 Å². The number of ether oxygens (including phenoxy) is 1. The average Bonchev–Trinajstić information content (AvgIpc) is 3.39. The van der Waals surface area contributed by atoms with Crippen LogP contribution in [0.25, 0.3) is 21.2 Å². The molecule has 1 aliphatic rings. The molecule has 0 atom stereocenters. The van der Waals surface area contributed by atoms with E-state index < -0.39 is 11.6 Å². The van der Waals surface area contributed by atoms with Crippen molar-refractivity contribution in [2.45, 2.75) is 44.3 Å². The molecule has 11 heteroatoms. The molecule has 0 unspecified atom stereocenters. The number of aromatic nitrogens is 1. The fourth-order valence-corrected chi connectivity index (χ4v) is 7.25. The van der Waals surface area contributed by atoms with Gasteiger partial charge in [0.05, 0.1) is 22.2 Å². The summed E-state index contributed by atoms with van der Waals surface area (Å²) < 4.78 is 35.1. The number of nitrogens with one attached hydrogen (secondary N) is 1. The number of rotatable bonds is 8. The smallest absolute Gasteiger partial charge is 0.269 e. The molecule has 1 aliphatic carbocycles. The van der Waals surface area contributed by atoms with Crippen molar-refractivity contribution in [3.63, 3.8) is 0 Å². The van der Waals surface area contributed by atoms with E-state index in [2.05, 4.69) is 29.3 Å². The number of carbonyl (C=O) groups excluding carboxylic acids is 2. The Bertz CT molecular complexity index is 1670. The molecule has 0 aliphatic heterocycles. The molecule has 1 N–H and O–H groups in total. The van der Waals surface area contributed by atoms with E-state index in [4.69, 9.17) is 16.3 Å². The number of amides is 2. The van der Waals surface area contributed by atoms with Crippen LogP contribution >= 0.6 is 22.9 Å². The number of pyridine rings is 1. The molecule has 7 nitrogen and oxygen atoms in total. The van der Waals surface area contributed by atoms with Crippen LogP contribution in [0.2, 0.25) is 5.02 Å². The Labute approximate surface area is 258 Å². The monoisotopic (exact) mass is 626 g/mol. The number of nitrogens with zero attached hydrogens (tertiary/aromatic N) is 3. The van der Waals surface area contributed by atoms with Crippen molar-refractivity contribution < 1.29 is 23.1 Å². The molecule has 2 aromatic carbocycles. The predicted molar refractivity (Wildman–Crippen MR) is 166 cm³/mol. The number of fused-ring (bicyclic) bond motifs is 1. The van der Waals surface area contributed by atoms with Crippen molar-refractivity contribution in [2.75, 3.05) is 28.3 Å². The highest BCUT2D eigenvalue weighted by molar-refractivity contribution is 7.21. The van der Waals surface area contributed by atoms with Gasteiger partial charge in [0.25, 0.3) is 11.8 Å². The number of halogens is 3. The molecule has 1 saturated carbocycles. The van der Waals surface area contributed by atoms with Gasteiger partial charge >= 0.3 is 0 Å². The largest absolute Gasteiger partial charge is 0.496 e. The lowest BCUT2D eigenvalue weighted by Crippen LogP contribution is -2.44. The van der Waals surface area contributed by atoms with Gasteiger partial charge in [-0.25, -0.2) is 8.78 Å². The second-order valence-corrected chi connectivity index (χ2v) is 12.3. The van der Waals surface area contributed by atoms with Crippen molar-refractivity contribution in [3.8, 4) is 16.9 Å². The molecule has 1 fully saturated rings. The van der Waals surface area contributed by atoms with Crippen molar-refractivity contribution in [3.05, 3.63) is 81.5 Å². The summed E-state index contributed by atoms with van der Waals surface area (Å²) in [7, 11) is 7.22. The minimum absolute atomic E-state index is 0.0220. The molecule has 0 spiro atoms. The first-order chi connectivity index (χ1) is 20.6. The van der Waals surface area contributed by atoms with E-state index >= 15 is 0 Å². The lowest BCUT2D eigenvalue weighted by molar-refractivity contribution is 0.0573. The van der Waals surface area contributed by atoms with Crippen molar-refractivity contribution in [1.82, 2.24) is 20.1 Å². The maximum absolute atomic E-state index is 14.7. The third-order valence-electron chi connectivity index (χ3n) is 8.15. The Kier molecular flexibility index (Phi) is 9.29. The summed E-state index contributed by atoms with van der Waals surface area (Å²) in [6.07, 6.45) is 4.91. The van der Waals surface area contributed by atoms with Gasteiger partial charge in [0.15, 0.2) is 0 Å². The zero-order chi connectivity index (χ0) is 30.8. The Balaban J connectivity index is 1.55. The van der Waals surface area contributed by atoms with E-state index in [-0.39, 0.29) is 50.1 Å². The lowest BCUT2D eigenvalue weighted by atomic mass is 9.89. The highest BCUT2D eigenvalue weighted by atomic mass is 35.5. The standard InChI is InChI=1S/C32H33ClF2N4O3S/c1-36-31(40)25-16-19(13-14-37-25)18-5-12-26(42-4)20(15-18)17-39(22-8-6-21(7-9-22)38(2)3)32(41)30-28(33)27-23(34)10-11-24(35)29(27)43-30/h5,10-16,21-22H,6-9,17H2,1-4H3,(H,36,40)/t21-,22-. The molecule has 0 radical (unpaired) electrons. The molecule has 2 heterocycles. The summed E-state index contributed by atoms with van der Waals surface area (Å²) in [4.78, 5) is 34.7. The lowest BCUT2D eigenvalue weighted by Gasteiger charge is -2.39. The van der Waals surface area contributed by atoms with Gasteiger partial charge in [-0.2, -0.15) is 0 Å². The molecule has 0 bridgehead atoms. The zero-order valence-electron chi connectivity index (χ0n) is 24.4. The van der Waals surface area contributed by atoms with Crippen molar-refractivity contribution in [2.24, 2.45) is 0 Å². The fraction of sp³-hybridized carbons (Fsp3) is 0.344. The number of benzene rings is 2. The predicted octanol–water partition coefficient (Wildman–Crippen LogP) is 6.78. The van der Waals surface area contributed by atoms with Crippen LogP contribution in [0.15, 0.2) is 48.7 Å². The zero-order valence-corrected chi connectivity index (χ0v) is 26.0. The van der Waals surface area contributed by atoms with Crippen LogP contribution in [0.4, 0.5) is 8.78 Å². The molecule has 5 rings (SSSR count). The maximum atomic E-state index is 14.7. The summed E-state index contributed by atoms with van der Waals surface area (Å²) in [5.74, 6) is -1.38. The minimum Gasteiger partial charge on any atom is -0.496 e. The second-order valence-electron chi connectivity index (χ2n) is 10.9. The van der Waals surface area contributed by atoms with Gasteiger partial charge in [-0.1, -0.05) is 17.7 Å². The Morgan fingerprint density at radius 2 is 1.70 bits per heavy atom. The Morgan fingerprint density at radius 1 is 1.02 bits per heavy atom. The molecule has 0 saturated heterocycles. The first-order valence-electron chi connectivity index (χ1n) is 14.0. The van der Waals surface area contributed by atoms with E-state index in [0.29, 0.717) is 11.8 Å². The molecular weight excluding hydrogens is 594 g/mol. The third kappa shape index (κ3) is 6.23. The van der Waals surface area contributed by atoms with E-state index in [9.17, 15) is 18.4 Å². The third-order valence-corrected chi connectivity index (χ3v) is 9.82. The highest BCUT2D eigenvalue weighted by Crippen LogP contribution is 2.41. The van der Waals surface area contributed by atoms with E-state index in [1.54, 1.807) is 31.3 Å². The van der Waals surface area contributed by atoms with Crippen LogP contribution < -0.4 is 10.1 Å². The molecule has 226 valence electrons. The van der Waals surface area contributed by atoms with Crippen molar-refractivity contribution in [1.29, 1.82) is 0 Å². The molecule has 2 aromatic heterocycles. The van der Waals surface area contributed by atoms with Crippen LogP contribution in [0.5, 0.6) is 5.75 Å². The molecular formula is C32H33ClF2N4O3S. The van der Waals surface area contributed by atoms with Crippen molar-refractivity contribution >= 4 is 44.8 Å². The van der Waals surface area contributed by atoms with Gasteiger partial charge in [-0.3, -0.25) is 14.6 Å². The van der Waals surface area contributed by atoms with Gasteiger partial charge in [-0.15, -0.1) is 11.3 Å². The summed E-state index contributed by atoms with van der Waals surface area (Å²) in [6.45, 7) is 0.191. The number of methoxy groups -OCH3 is 1. The van der Waals surface area contributed by atoms with Gasteiger partial charge in [0, 0.05) is 37.4 Å². The SMILES string of the molecule is CNC(=O)c1cc(-c2ccc(OC)c(CN(C(=O)c3sc4c(F)ccc(F)c4c3Cl)[C@H]3CC[C@H](N(C)C)CC3)c2)ccn1. The van der Waals surface area contributed by atoms with E-state index in [1.165, 1.54) is 0 Å². The highest BCUT2D eigenvalue weighted by Gasteiger charge is 2.33. The van der Waals surface area contributed by atoms with Crippen LogP contribution in [-0.4, -0.2) is 66.9 Å². The first-order valence-corrected chi connectivity index (χ1v) is 15.2. The number of carbonyl (C=O) groups is 2. The van der Waals surface area contributed by atoms with E-state index in [1.807, 2.05) is 24.3 Å². The maximum Gasteiger partial charge on any atom is 0.269 e. The number of hydrogen-bond donors (Lipinski definition) is 1. The molecule has 43 heavy (non-hydrogen) atoms. The van der Waals surface area contributed by atoms with Gasteiger partial charge in [0.1, 0.15) is 28.0 Å². The summed E-state index contributed by atoms with van der Waals surface area (Å²) in [5.41, 5.74) is 2.62. The van der Waals surface area contributed by atoms with E-state index in [0.717, 1.165) is 65.8 Å². The average molecular weight is 627 g/mol. The summed E-state index contributed by atoms with van der Waals surface area (Å²) in [5, 5.41) is 2.44. The fourth-order valence-electron chi connectivity index (χ4n) is 5.75. The Morgan fingerprint density at radius 3 is 2.35 bits per heavy atom. The quantitative estimate of drug-likeness (QED) is 0.233. The van der Waals surface area contributed by atoms with Gasteiger partial charge < -0.3 is 19.9 Å². The van der Waals surface area contributed by atoms with Crippen LogP contribution in [-0.2, 0) is 6.54 Å². The number of hydrogen-bond acceptors (Lipinski definition) is 6. The molecule has 2 amide bonds. The van der Waals surface area contributed by atoms with Crippen LogP contribution in [0, 0.1) is 11.6 Å². The van der Waals surface area contributed by atoms with Gasteiger partial charge in [0.2, 0.25) is 0 Å². The summed E-state index contributed by atoms with van der Waals surface area (Å²) in [6, 6.07) is 11.5. The van der Waals surface area contributed by atoms with Crippen LogP contribution in [0.1, 0.15) is 51.4 Å².